The number of aliphatic hydroxyl groups excluding tert-OH is 1. The van der Waals surface area contributed by atoms with Crippen LogP contribution in [0.5, 0.6) is 0 Å². The third-order valence-electron chi connectivity index (χ3n) is 3.78. The van der Waals surface area contributed by atoms with Crippen LogP contribution < -0.4 is 5.32 Å². The van der Waals surface area contributed by atoms with Gasteiger partial charge in [-0.15, -0.1) is 11.3 Å². The van der Waals surface area contributed by atoms with Gasteiger partial charge in [-0.2, -0.15) is 0 Å². The molecule has 0 saturated carbocycles. The van der Waals surface area contributed by atoms with Crippen molar-refractivity contribution in [1.29, 1.82) is 0 Å². The number of nitrogens with one attached hydrogen (secondary N) is 1. The summed E-state index contributed by atoms with van der Waals surface area (Å²) in [5.74, 6) is -0.509. The number of carbonyl (C=O) groups excluding carboxylic acids is 1. The first kappa shape index (κ1) is 16.6. The maximum Gasteiger partial charge on any atom is 0.220 e. The molecule has 0 spiro atoms. The molecule has 1 aromatic carbocycles. The van der Waals surface area contributed by atoms with Crippen molar-refractivity contribution in [3.63, 3.8) is 0 Å². The quantitative estimate of drug-likeness (QED) is 0.720. The normalized spacial score (nSPS) is 11.1. The smallest absolute Gasteiger partial charge is 0.220 e. The second-order valence-electron chi connectivity index (χ2n) is 5.62. The summed E-state index contributed by atoms with van der Waals surface area (Å²) in [5, 5.41) is 13.9. The van der Waals surface area contributed by atoms with Crippen LogP contribution in [-0.2, 0) is 24.4 Å². The lowest BCUT2D eigenvalue weighted by Crippen LogP contribution is -2.23. The molecule has 24 heavy (non-hydrogen) atoms. The SMILES string of the molecule is Cc1cn2c(CCC(=O)NCc3ccc(F)c(CO)c3)csc2n1. The zero-order valence-electron chi connectivity index (χ0n) is 13.3. The number of halogens is 1. The molecular weight excluding hydrogens is 329 g/mol. The lowest BCUT2D eigenvalue weighted by Gasteiger charge is -2.07. The molecule has 3 aromatic rings. The maximum absolute atomic E-state index is 13.3. The van der Waals surface area contributed by atoms with E-state index in [0.717, 1.165) is 21.9 Å². The molecule has 2 N–H and O–H groups in total. The van der Waals surface area contributed by atoms with E-state index in [0.29, 0.717) is 19.4 Å². The Balaban J connectivity index is 1.54. The summed E-state index contributed by atoms with van der Waals surface area (Å²) in [5.41, 5.74) is 3.02. The summed E-state index contributed by atoms with van der Waals surface area (Å²) in [4.78, 5) is 17.3. The van der Waals surface area contributed by atoms with Crippen LogP contribution in [0.4, 0.5) is 4.39 Å². The van der Waals surface area contributed by atoms with Crippen LogP contribution in [0.15, 0.2) is 29.8 Å². The predicted molar refractivity (Wildman–Crippen MR) is 90.3 cm³/mol. The van der Waals surface area contributed by atoms with Gasteiger partial charge in [-0.25, -0.2) is 9.37 Å². The fourth-order valence-electron chi connectivity index (χ4n) is 2.51. The summed E-state index contributed by atoms with van der Waals surface area (Å²) < 4.78 is 15.3. The molecule has 0 aliphatic rings. The third kappa shape index (κ3) is 3.63. The van der Waals surface area contributed by atoms with Crippen LogP contribution in [0, 0.1) is 12.7 Å². The number of imidazole rings is 1. The number of hydrogen-bond donors (Lipinski definition) is 2. The van der Waals surface area contributed by atoms with E-state index in [9.17, 15) is 9.18 Å². The lowest BCUT2D eigenvalue weighted by atomic mass is 10.1. The van der Waals surface area contributed by atoms with E-state index in [1.165, 1.54) is 6.07 Å². The molecule has 0 radical (unpaired) electrons. The minimum absolute atomic E-state index is 0.0685. The van der Waals surface area contributed by atoms with Gasteiger partial charge in [0.25, 0.3) is 0 Å². The van der Waals surface area contributed by atoms with Crippen molar-refractivity contribution in [3.05, 3.63) is 58.1 Å². The second kappa shape index (κ2) is 7.11. The Kier molecular flexibility index (Phi) is 4.92. The minimum atomic E-state index is -0.440. The standard InChI is InChI=1S/C17H18FN3O2S/c1-11-8-21-14(10-24-17(21)20-11)3-5-16(23)19-7-12-2-4-15(18)13(6-12)9-22/h2,4,6,8,10,22H,3,5,7,9H2,1H3,(H,19,23). The zero-order valence-corrected chi connectivity index (χ0v) is 14.1. The van der Waals surface area contributed by atoms with Crippen molar-refractivity contribution in [2.24, 2.45) is 0 Å². The van der Waals surface area contributed by atoms with Crippen LogP contribution in [-0.4, -0.2) is 20.4 Å². The fourth-order valence-corrected chi connectivity index (χ4v) is 3.46. The topological polar surface area (TPSA) is 66.6 Å². The van der Waals surface area contributed by atoms with Crippen molar-refractivity contribution in [2.45, 2.75) is 32.9 Å². The zero-order chi connectivity index (χ0) is 17.1. The van der Waals surface area contributed by atoms with Gasteiger partial charge in [-0.05, 0) is 31.0 Å². The monoisotopic (exact) mass is 347 g/mol. The molecule has 126 valence electrons. The fraction of sp³-hybridized carbons (Fsp3) is 0.294. The molecule has 0 aliphatic heterocycles. The van der Waals surface area contributed by atoms with Gasteiger partial charge in [0.05, 0.1) is 12.3 Å². The Labute approximate surface area is 142 Å². The van der Waals surface area contributed by atoms with Gasteiger partial charge in [0.2, 0.25) is 5.91 Å². The average Bonchev–Trinajstić information content (AvgIpc) is 3.11. The number of amides is 1. The van der Waals surface area contributed by atoms with Gasteiger partial charge >= 0.3 is 0 Å². The van der Waals surface area contributed by atoms with Crippen LogP contribution >= 0.6 is 11.3 Å². The molecule has 0 saturated heterocycles. The summed E-state index contributed by atoms with van der Waals surface area (Å²) in [6, 6.07) is 4.47. The Morgan fingerprint density at radius 3 is 3.08 bits per heavy atom. The Bertz CT molecular complexity index is 872. The molecule has 0 atom stereocenters. The number of nitrogens with zero attached hydrogens (tertiary/aromatic N) is 2. The Hall–Kier alpha value is -2.25. The lowest BCUT2D eigenvalue weighted by molar-refractivity contribution is -0.121. The number of carbonyl (C=O) groups is 1. The van der Waals surface area contributed by atoms with E-state index in [2.05, 4.69) is 10.3 Å². The van der Waals surface area contributed by atoms with Crippen molar-refractivity contribution in [2.75, 3.05) is 0 Å². The van der Waals surface area contributed by atoms with Gasteiger partial charge in [-0.3, -0.25) is 9.20 Å². The van der Waals surface area contributed by atoms with E-state index in [1.54, 1.807) is 23.5 Å². The number of rotatable bonds is 6. The van der Waals surface area contributed by atoms with Crippen LogP contribution in [0.1, 0.15) is 28.9 Å². The summed E-state index contributed by atoms with van der Waals surface area (Å²) >= 11 is 1.56. The molecular formula is C17H18FN3O2S. The number of benzene rings is 1. The number of hydrogen-bond acceptors (Lipinski definition) is 4. The van der Waals surface area contributed by atoms with Gasteiger partial charge in [0.1, 0.15) is 5.82 Å². The molecule has 1 amide bonds. The van der Waals surface area contributed by atoms with Crippen LogP contribution in [0.3, 0.4) is 0 Å². The van der Waals surface area contributed by atoms with Gasteiger partial charge < -0.3 is 10.4 Å². The highest BCUT2D eigenvalue weighted by atomic mass is 32.1. The van der Waals surface area contributed by atoms with Crippen molar-refractivity contribution < 1.29 is 14.3 Å². The predicted octanol–water partition coefficient (Wildman–Crippen LogP) is 2.58. The molecule has 0 aliphatic carbocycles. The first-order chi connectivity index (χ1) is 11.6. The molecule has 3 rings (SSSR count). The molecule has 7 heteroatoms. The number of aliphatic hydroxyl groups is 1. The van der Waals surface area contributed by atoms with E-state index in [1.807, 2.05) is 22.9 Å². The number of aromatic nitrogens is 2. The first-order valence-electron chi connectivity index (χ1n) is 7.63. The highest BCUT2D eigenvalue weighted by Gasteiger charge is 2.09. The van der Waals surface area contributed by atoms with Gasteiger partial charge in [0, 0.05) is 35.8 Å². The first-order valence-corrected chi connectivity index (χ1v) is 8.51. The molecule has 0 bridgehead atoms. The maximum atomic E-state index is 13.3. The van der Waals surface area contributed by atoms with E-state index >= 15 is 0 Å². The highest BCUT2D eigenvalue weighted by molar-refractivity contribution is 7.15. The van der Waals surface area contributed by atoms with Crippen molar-refractivity contribution in [1.82, 2.24) is 14.7 Å². The van der Waals surface area contributed by atoms with Gasteiger partial charge in [0.15, 0.2) is 4.96 Å². The molecule has 2 heterocycles. The Morgan fingerprint density at radius 2 is 2.29 bits per heavy atom. The largest absolute Gasteiger partial charge is 0.392 e. The highest BCUT2D eigenvalue weighted by Crippen LogP contribution is 2.17. The van der Waals surface area contributed by atoms with E-state index < -0.39 is 5.82 Å². The molecule has 5 nitrogen and oxygen atoms in total. The van der Waals surface area contributed by atoms with Crippen molar-refractivity contribution in [3.8, 4) is 0 Å². The summed E-state index contributed by atoms with van der Waals surface area (Å²) in [6.07, 6.45) is 2.97. The Morgan fingerprint density at radius 1 is 1.46 bits per heavy atom. The summed E-state index contributed by atoms with van der Waals surface area (Å²) in [7, 11) is 0. The molecule has 0 unspecified atom stereocenters. The second-order valence-corrected chi connectivity index (χ2v) is 6.46. The number of thiazole rings is 1. The van der Waals surface area contributed by atoms with E-state index in [4.69, 9.17) is 5.11 Å². The van der Waals surface area contributed by atoms with E-state index in [-0.39, 0.29) is 18.1 Å². The van der Waals surface area contributed by atoms with Crippen LogP contribution in [0.25, 0.3) is 4.96 Å². The average molecular weight is 347 g/mol. The summed E-state index contributed by atoms with van der Waals surface area (Å²) in [6.45, 7) is 1.90. The molecule has 2 aromatic heterocycles. The number of fused-ring (bicyclic) bond motifs is 1. The third-order valence-corrected chi connectivity index (χ3v) is 4.67. The van der Waals surface area contributed by atoms with Gasteiger partial charge in [-0.1, -0.05) is 6.07 Å². The van der Waals surface area contributed by atoms with Crippen molar-refractivity contribution >= 4 is 22.2 Å². The van der Waals surface area contributed by atoms with Crippen LogP contribution in [0.2, 0.25) is 0 Å². The number of aryl methyl sites for hydroxylation is 2. The minimum Gasteiger partial charge on any atom is -0.392 e. The molecule has 0 fully saturated rings.